The first-order valence-corrected chi connectivity index (χ1v) is 7.17. The maximum Gasteiger partial charge on any atom is 0.123 e. The van der Waals surface area contributed by atoms with Gasteiger partial charge in [-0.05, 0) is 47.7 Å². The molecule has 2 aromatic carbocycles. The molecule has 0 aliphatic heterocycles. The van der Waals surface area contributed by atoms with Gasteiger partial charge in [0.25, 0.3) is 0 Å². The zero-order valence-electron chi connectivity index (χ0n) is 12.1. The first kappa shape index (κ1) is 14.7. The molecule has 0 heterocycles. The van der Waals surface area contributed by atoms with Crippen LogP contribution in [-0.4, -0.2) is 6.54 Å². The second-order valence-electron chi connectivity index (χ2n) is 5.51. The van der Waals surface area contributed by atoms with Crippen LogP contribution in [0, 0.1) is 5.82 Å². The van der Waals surface area contributed by atoms with Gasteiger partial charge in [0, 0.05) is 5.92 Å². The summed E-state index contributed by atoms with van der Waals surface area (Å²) in [4.78, 5) is 0. The van der Waals surface area contributed by atoms with E-state index in [1.807, 2.05) is 6.07 Å². The van der Waals surface area contributed by atoms with Crippen LogP contribution < -0.4 is 5.73 Å². The maximum absolute atomic E-state index is 13.4. The van der Waals surface area contributed by atoms with Crippen LogP contribution in [0.3, 0.4) is 0 Å². The van der Waals surface area contributed by atoms with Gasteiger partial charge in [0.1, 0.15) is 5.82 Å². The summed E-state index contributed by atoms with van der Waals surface area (Å²) in [5.41, 5.74) is 9.24. The van der Waals surface area contributed by atoms with Crippen LogP contribution in [0.4, 0.5) is 4.39 Å². The second kappa shape index (κ2) is 6.67. The first-order valence-electron chi connectivity index (χ1n) is 7.17. The van der Waals surface area contributed by atoms with Crippen LogP contribution in [0.2, 0.25) is 0 Å². The minimum Gasteiger partial charge on any atom is -0.330 e. The highest BCUT2D eigenvalue weighted by Gasteiger charge is 2.14. The van der Waals surface area contributed by atoms with Crippen LogP contribution in [0.25, 0.3) is 0 Å². The zero-order valence-corrected chi connectivity index (χ0v) is 12.1. The van der Waals surface area contributed by atoms with Crippen molar-refractivity contribution in [1.29, 1.82) is 0 Å². The number of rotatable bonds is 5. The molecule has 0 aromatic heterocycles. The summed E-state index contributed by atoms with van der Waals surface area (Å²) in [6.45, 7) is 4.95. The number of halogens is 1. The van der Waals surface area contributed by atoms with E-state index in [-0.39, 0.29) is 11.7 Å². The Balaban J connectivity index is 2.33. The molecule has 1 atom stereocenters. The Labute approximate surface area is 120 Å². The summed E-state index contributed by atoms with van der Waals surface area (Å²) in [6.07, 6.45) is 0.824. The lowest BCUT2D eigenvalue weighted by Gasteiger charge is -2.18. The molecule has 1 unspecified atom stereocenters. The Bertz CT molecular complexity index is 546. The van der Waals surface area contributed by atoms with Gasteiger partial charge in [-0.15, -0.1) is 0 Å². The van der Waals surface area contributed by atoms with Crippen LogP contribution in [-0.2, 0) is 0 Å². The van der Waals surface area contributed by atoms with Crippen LogP contribution in [0.5, 0.6) is 0 Å². The third-order valence-electron chi connectivity index (χ3n) is 3.71. The van der Waals surface area contributed by atoms with E-state index in [1.54, 1.807) is 12.1 Å². The molecule has 2 rings (SSSR count). The zero-order chi connectivity index (χ0) is 14.5. The summed E-state index contributed by atoms with van der Waals surface area (Å²) < 4.78 is 13.4. The Morgan fingerprint density at radius 2 is 1.60 bits per heavy atom. The highest BCUT2D eigenvalue weighted by Crippen LogP contribution is 2.29. The predicted molar refractivity (Wildman–Crippen MR) is 82.4 cm³/mol. The van der Waals surface area contributed by atoms with E-state index in [9.17, 15) is 4.39 Å². The molecule has 2 heteroatoms. The summed E-state index contributed by atoms with van der Waals surface area (Å²) in [7, 11) is 0. The van der Waals surface area contributed by atoms with E-state index in [4.69, 9.17) is 5.73 Å². The van der Waals surface area contributed by atoms with Crippen LogP contribution in [0.1, 0.15) is 48.8 Å². The van der Waals surface area contributed by atoms with Crippen molar-refractivity contribution in [3.05, 3.63) is 71.0 Å². The molecule has 0 saturated carbocycles. The molecule has 106 valence electrons. The Morgan fingerprint density at radius 1 is 0.950 bits per heavy atom. The standard InChI is InChI=1S/C18H22FN/c1-13(2)14-6-8-15(9-7-14)18(10-11-20)16-4-3-5-17(19)12-16/h3-9,12-13,18H,10-11,20H2,1-2H3. The molecule has 0 saturated heterocycles. The summed E-state index contributed by atoms with van der Waals surface area (Å²) >= 11 is 0. The highest BCUT2D eigenvalue weighted by molar-refractivity contribution is 5.35. The average molecular weight is 271 g/mol. The van der Waals surface area contributed by atoms with Gasteiger partial charge in [-0.25, -0.2) is 4.39 Å². The summed E-state index contributed by atoms with van der Waals surface area (Å²) in [5.74, 6) is 0.492. The quantitative estimate of drug-likeness (QED) is 0.855. The van der Waals surface area contributed by atoms with Crippen LogP contribution >= 0.6 is 0 Å². The van der Waals surface area contributed by atoms with Crippen LogP contribution in [0.15, 0.2) is 48.5 Å². The third kappa shape index (κ3) is 3.45. The fraction of sp³-hybridized carbons (Fsp3) is 0.333. The molecule has 0 fully saturated rings. The highest BCUT2D eigenvalue weighted by atomic mass is 19.1. The topological polar surface area (TPSA) is 26.0 Å². The van der Waals surface area contributed by atoms with Crippen molar-refractivity contribution in [3.8, 4) is 0 Å². The average Bonchev–Trinajstić information content (AvgIpc) is 2.45. The molecule has 0 aliphatic rings. The molecule has 0 bridgehead atoms. The van der Waals surface area contributed by atoms with Gasteiger partial charge < -0.3 is 5.73 Å². The lowest BCUT2D eigenvalue weighted by atomic mass is 9.87. The van der Waals surface area contributed by atoms with Gasteiger partial charge in [-0.2, -0.15) is 0 Å². The molecule has 0 amide bonds. The van der Waals surface area contributed by atoms with Crippen molar-refractivity contribution in [2.75, 3.05) is 6.54 Å². The number of hydrogen-bond donors (Lipinski definition) is 1. The van der Waals surface area contributed by atoms with Gasteiger partial charge in [-0.3, -0.25) is 0 Å². The normalized spacial score (nSPS) is 12.7. The SMILES string of the molecule is CC(C)c1ccc(C(CCN)c2cccc(F)c2)cc1. The molecule has 2 aromatic rings. The minimum atomic E-state index is -0.191. The number of hydrogen-bond acceptors (Lipinski definition) is 1. The van der Waals surface area contributed by atoms with E-state index in [2.05, 4.69) is 38.1 Å². The fourth-order valence-corrected chi connectivity index (χ4v) is 2.53. The molecule has 2 N–H and O–H groups in total. The van der Waals surface area contributed by atoms with E-state index in [0.29, 0.717) is 12.5 Å². The van der Waals surface area contributed by atoms with Crippen molar-refractivity contribution in [2.45, 2.75) is 32.1 Å². The van der Waals surface area contributed by atoms with Crippen molar-refractivity contribution in [1.82, 2.24) is 0 Å². The van der Waals surface area contributed by atoms with Gasteiger partial charge in [0.2, 0.25) is 0 Å². The fourth-order valence-electron chi connectivity index (χ4n) is 2.53. The van der Waals surface area contributed by atoms with Gasteiger partial charge in [0.05, 0.1) is 0 Å². The van der Waals surface area contributed by atoms with Gasteiger partial charge >= 0.3 is 0 Å². The molecule has 0 spiro atoms. The minimum absolute atomic E-state index is 0.164. The van der Waals surface area contributed by atoms with E-state index < -0.39 is 0 Å². The van der Waals surface area contributed by atoms with E-state index >= 15 is 0 Å². The van der Waals surface area contributed by atoms with Crippen molar-refractivity contribution in [3.63, 3.8) is 0 Å². The maximum atomic E-state index is 13.4. The number of benzene rings is 2. The Hall–Kier alpha value is -1.67. The Morgan fingerprint density at radius 3 is 2.15 bits per heavy atom. The molecular weight excluding hydrogens is 249 g/mol. The third-order valence-corrected chi connectivity index (χ3v) is 3.71. The Kier molecular flexibility index (Phi) is 4.91. The van der Waals surface area contributed by atoms with Crippen molar-refractivity contribution in [2.24, 2.45) is 5.73 Å². The van der Waals surface area contributed by atoms with E-state index in [0.717, 1.165) is 12.0 Å². The number of nitrogens with two attached hydrogens (primary N) is 1. The first-order chi connectivity index (χ1) is 9.61. The molecule has 1 nitrogen and oxygen atoms in total. The molecular formula is C18H22FN. The second-order valence-corrected chi connectivity index (χ2v) is 5.51. The lowest BCUT2D eigenvalue weighted by Crippen LogP contribution is -2.09. The molecule has 0 radical (unpaired) electrons. The monoisotopic (exact) mass is 271 g/mol. The predicted octanol–water partition coefficient (Wildman–Crippen LogP) is 4.43. The summed E-state index contributed by atoms with van der Waals surface area (Å²) in [5, 5.41) is 0. The smallest absolute Gasteiger partial charge is 0.123 e. The summed E-state index contributed by atoms with van der Waals surface area (Å²) in [6, 6.07) is 15.4. The largest absolute Gasteiger partial charge is 0.330 e. The molecule has 0 aliphatic carbocycles. The van der Waals surface area contributed by atoms with Crippen molar-refractivity contribution >= 4 is 0 Å². The van der Waals surface area contributed by atoms with Crippen molar-refractivity contribution < 1.29 is 4.39 Å². The van der Waals surface area contributed by atoms with E-state index in [1.165, 1.54) is 17.2 Å². The lowest BCUT2D eigenvalue weighted by molar-refractivity contribution is 0.620. The molecule has 20 heavy (non-hydrogen) atoms. The van der Waals surface area contributed by atoms with Gasteiger partial charge in [0.15, 0.2) is 0 Å². The van der Waals surface area contributed by atoms with Gasteiger partial charge in [-0.1, -0.05) is 50.2 Å².